The molecule has 0 aromatic heterocycles. The molecule has 0 N–H and O–H groups in total. The normalized spacial score (nSPS) is 10.3. The first-order valence-electron chi connectivity index (χ1n) is 5.15. The quantitative estimate of drug-likeness (QED) is 0.433. The van der Waals surface area contributed by atoms with Gasteiger partial charge in [-0.3, -0.25) is 9.59 Å². The van der Waals surface area contributed by atoms with Crippen LogP contribution in [0.1, 0.15) is 23.7 Å². The number of carbonyl (C=O) groups is 2. The van der Waals surface area contributed by atoms with Gasteiger partial charge in [0.2, 0.25) is 0 Å². The van der Waals surface area contributed by atoms with Crippen LogP contribution in [0.3, 0.4) is 0 Å². The molecule has 0 saturated heterocycles. The van der Waals surface area contributed by atoms with Gasteiger partial charge >= 0.3 is 5.97 Å². The fraction of sp³-hybridized carbons (Fsp3) is 0.231. The SMILES string of the molecule is CCOC(=O)C/C=C/C(=O)c1ccccc1. The van der Waals surface area contributed by atoms with Crippen molar-refractivity contribution in [1.29, 1.82) is 0 Å². The molecule has 0 heterocycles. The Kier molecular flexibility index (Phi) is 4.99. The van der Waals surface area contributed by atoms with E-state index in [0.29, 0.717) is 12.2 Å². The van der Waals surface area contributed by atoms with Crippen LogP contribution in [0.25, 0.3) is 0 Å². The molecule has 0 fully saturated rings. The molecule has 3 heteroatoms. The van der Waals surface area contributed by atoms with Crippen molar-refractivity contribution >= 4 is 11.8 Å². The van der Waals surface area contributed by atoms with E-state index in [-0.39, 0.29) is 18.2 Å². The fourth-order valence-electron chi connectivity index (χ4n) is 1.18. The number of allylic oxidation sites excluding steroid dienone is 1. The van der Waals surface area contributed by atoms with Gasteiger partial charge in [0.1, 0.15) is 0 Å². The highest BCUT2D eigenvalue weighted by atomic mass is 16.5. The summed E-state index contributed by atoms with van der Waals surface area (Å²) in [6, 6.07) is 8.91. The van der Waals surface area contributed by atoms with Gasteiger partial charge in [-0.1, -0.05) is 36.4 Å². The largest absolute Gasteiger partial charge is 0.466 e. The van der Waals surface area contributed by atoms with Gasteiger partial charge in [0.05, 0.1) is 13.0 Å². The van der Waals surface area contributed by atoms with Crippen molar-refractivity contribution in [2.75, 3.05) is 6.61 Å². The second-order valence-corrected chi connectivity index (χ2v) is 3.14. The number of hydrogen-bond donors (Lipinski definition) is 0. The molecule has 16 heavy (non-hydrogen) atoms. The molecule has 1 aromatic rings. The van der Waals surface area contributed by atoms with Crippen molar-refractivity contribution in [2.24, 2.45) is 0 Å². The monoisotopic (exact) mass is 218 g/mol. The first-order chi connectivity index (χ1) is 7.74. The van der Waals surface area contributed by atoms with Gasteiger partial charge in [0.15, 0.2) is 5.78 Å². The zero-order chi connectivity index (χ0) is 11.8. The standard InChI is InChI=1S/C13H14O3/c1-2-16-13(15)10-6-9-12(14)11-7-4-3-5-8-11/h3-9H,2,10H2,1H3/b9-6+. The minimum atomic E-state index is -0.320. The van der Waals surface area contributed by atoms with Crippen molar-refractivity contribution in [3.8, 4) is 0 Å². The average molecular weight is 218 g/mol. The number of esters is 1. The van der Waals surface area contributed by atoms with E-state index in [1.807, 2.05) is 6.07 Å². The maximum absolute atomic E-state index is 11.5. The Balaban J connectivity index is 2.46. The number of ether oxygens (including phenoxy) is 1. The van der Waals surface area contributed by atoms with Gasteiger partial charge in [0, 0.05) is 5.56 Å². The van der Waals surface area contributed by atoms with E-state index >= 15 is 0 Å². The highest BCUT2D eigenvalue weighted by Crippen LogP contribution is 2.01. The molecule has 0 radical (unpaired) electrons. The Morgan fingerprint density at radius 1 is 1.25 bits per heavy atom. The number of benzene rings is 1. The van der Waals surface area contributed by atoms with E-state index in [1.165, 1.54) is 12.2 Å². The van der Waals surface area contributed by atoms with Gasteiger partial charge < -0.3 is 4.74 Å². The van der Waals surface area contributed by atoms with Crippen molar-refractivity contribution < 1.29 is 14.3 Å². The Morgan fingerprint density at radius 3 is 2.56 bits per heavy atom. The van der Waals surface area contributed by atoms with Crippen molar-refractivity contribution in [2.45, 2.75) is 13.3 Å². The number of carbonyl (C=O) groups excluding carboxylic acids is 2. The van der Waals surface area contributed by atoms with Gasteiger partial charge in [-0.05, 0) is 13.0 Å². The lowest BCUT2D eigenvalue weighted by Gasteiger charge is -1.97. The fourth-order valence-corrected chi connectivity index (χ4v) is 1.18. The van der Waals surface area contributed by atoms with Crippen LogP contribution in [0, 0.1) is 0 Å². The Morgan fingerprint density at radius 2 is 1.94 bits per heavy atom. The summed E-state index contributed by atoms with van der Waals surface area (Å²) in [6.45, 7) is 2.11. The molecular weight excluding hydrogens is 204 g/mol. The molecule has 0 aliphatic carbocycles. The summed E-state index contributed by atoms with van der Waals surface area (Å²) in [7, 11) is 0. The third kappa shape index (κ3) is 4.09. The Bertz CT molecular complexity index is 379. The minimum Gasteiger partial charge on any atom is -0.466 e. The molecule has 0 bridgehead atoms. The van der Waals surface area contributed by atoms with Crippen molar-refractivity contribution in [1.82, 2.24) is 0 Å². The summed E-state index contributed by atoms with van der Waals surface area (Å²) >= 11 is 0. The number of rotatable bonds is 5. The summed E-state index contributed by atoms with van der Waals surface area (Å²) in [4.78, 5) is 22.5. The first-order valence-corrected chi connectivity index (χ1v) is 5.15. The molecule has 0 amide bonds. The molecular formula is C13H14O3. The third-order valence-corrected chi connectivity index (χ3v) is 1.92. The van der Waals surface area contributed by atoms with E-state index < -0.39 is 0 Å². The minimum absolute atomic E-state index is 0.107. The van der Waals surface area contributed by atoms with Gasteiger partial charge in [-0.25, -0.2) is 0 Å². The molecule has 1 rings (SSSR count). The predicted octanol–water partition coefficient (Wildman–Crippen LogP) is 2.38. The molecule has 3 nitrogen and oxygen atoms in total. The summed E-state index contributed by atoms with van der Waals surface area (Å²) in [6.07, 6.45) is 3.05. The van der Waals surface area contributed by atoms with Crippen molar-refractivity contribution in [3.05, 3.63) is 48.0 Å². The highest BCUT2D eigenvalue weighted by Gasteiger charge is 2.01. The first kappa shape index (κ1) is 12.2. The molecule has 0 atom stereocenters. The van der Waals surface area contributed by atoms with Crippen LogP contribution in [0.15, 0.2) is 42.5 Å². The molecule has 0 spiro atoms. The van der Waals surface area contributed by atoms with Crippen LogP contribution in [-0.4, -0.2) is 18.4 Å². The average Bonchev–Trinajstić information content (AvgIpc) is 2.30. The summed E-state index contributed by atoms with van der Waals surface area (Å²) in [5, 5.41) is 0. The molecule has 0 aliphatic rings. The maximum Gasteiger partial charge on any atom is 0.309 e. The van der Waals surface area contributed by atoms with E-state index in [2.05, 4.69) is 0 Å². The number of ketones is 1. The van der Waals surface area contributed by atoms with Crippen LogP contribution in [0.2, 0.25) is 0 Å². The zero-order valence-corrected chi connectivity index (χ0v) is 9.18. The molecule has 1 aromatic carbocycles. The Labute approximate surface area is 94.7 Å². The van der Waals surface area contributed by atoms with Crippen molar-refractivity contribution in [3.63, 3.8) is 0 Å². The van der Waals surface area contributed by atoms with Crippen LogP contribution in [-0.2, 0) is 9.53 Å². The third-order valence-electron chi connectivity index (χ3n) is 1.92. The van der Waals surface area contributed by atoms with Gasteiger partial charge in [0.25, 0.3) is 0 Å². The van der Waals surface area contributed by atoms with Gasteiger partial charge in [-0.2, -0.15) is 0 Å². The lowest BCUT2D eigenvalue weighted by Crippen LogP contribution is -2.02. The predicted molar refractivity (Wildman–Crippen MR) is 61.2 cm³/mol. The second-order valence-electron chi connectivity index (χ2n) is 3.14. The van der Waals surface area contributed by atoms with Gasteiger partial charge in [-0.15, -0.1) is 0 Å². The van der Waals surface area contributed by atoms with E-state index in [0.717, 1.165) is 0 Å². The zero-order valence-electron chi connectivity index (χ0n) is 9.18. The van der Waals surface area contributed by atoms with E-state index in [9.17, 15) is 9.59 Å². The molecule has 0 unspecified atom stereocenters. The summed E-state index contributed by atoms with van der Waals surface area (Å²) in [5.41, 5.74) is 0.614. The van der Waals surface area contributed by atoms with E-state index in [4.69, 9.17) is 4.74 Å². The molecule has 0 saturated carbocycles. The maximum atomic E-state index is 11.5. The second kappa shape index (κ2) is 6.56. The van der Waals surface area contributed by atoms with E-state index in [1.54, 1.807) is 31.2 Å². The molecule has 0 aliphatic heterocycles. The lowest BCUT2D eigenvalue weighted by atomic mass is 10.1. The van der Waals surface area contributed by atoms with Crippen LogP contribution in [0.4, 0.5) is 0 Å². The van der Waals surface area contributed by atoms with Crippen LogP contribution >= 0.6 is 0 Å². The summed E-state index contributed by atoms with van der Waals surface area (Å²) in [5.74, 6) is -0.426. The lowest BCUT2D eigenvalue weighted by molar-refractivity contribution is -0.142. The Hall–Kier alpha value is -1.90. The molecule has 84 valence electrons. The number of hydrogen-bond acceptors (Lipinski definition) is 3. The van der Waals surface area contributed by atoms with Crippen LogP contribution in [0.5, 0.6) is 0 Å². The highest BCUT2D eigenvalue weighted by molar-refractivity contribution is 6.04. The topological polar surface area (TPSA) is 43.4 Å². The smallest absolute Gasteiger partial charge is 0.309 e. The summed E-state index contributed by atoms with van der Waals surface area (Å²) < 4.78 is 4.73. The van der Waals surface area contributed by atoms with Crippen LogP contribution < -0.4 is 0 Å².